The van der Waals surface area contributed by atoms with E-state index >= 15 is 4.39 Å². The van der Waals surface area contributed by atoms with Crippen LogP contribution in [0.5, 0.6) is 17.2 Å². The number of methoxy groups -OCH3 is 2. The Morgan fingerprint density at radius 3 is 2.53 bits per heavy atom. The highest BCUT2D eigenvalue weighted by Gasteiger charge is 2.32. The molecule has 7 nitrogen and oxygen atoms in total. The Morgan fingerprint density at radius 1 is 1.05 bits per heavy atom. The third kappa shape index (κ3) is 6.79. The van der Waals surface area contributed by atoms with Crippen molar-refractivity contribution in [2.45, 2.75) is 30.7 Å². The van der Waals surface area contributed by atoms with Gasteiger partial charge in [-0.05, 0) is 60.7 Å². The number of halogens is 3. The maximum absolute atomic E-state index is 15.6. The average Bonchev–Trinajstić information content (AvgIpc) is 3.55. The van der Waals surface area contributed by atoms with Crippen LogP contribution in [-0.2, 0) is 16.6 Å². The van der Waals surface area contributed by atoms with Gasteiger partial charge in [0.1, 0.15) is 33.8 Å². The second-order valence-electron chi connectivity index (χ2n) is 9.82. The molecule has 12 heteroatoms. The van der Waals surface area contributed by atoms with Crippen molar-refractivity contribution in [3.8, 4) is 17.2 Å². The standard InChI is InChI=1S/C31H29ClF2N2O5S2/c1-39-24-12-9-21(28(15-24)40-2)18-36(31-35-13-14-42-31)43(37,38)30-16-26(32)29(17-27(30)34)41-19-22-5-3-4-6-25(22)20-7-10-23(33)11-8-20/h6-17,22H,3-5,18-19H2,1-2H3. The van der Waals surface area contributed by atoms with Crippen molar-refractivity contribution >= 4 is 43.7 Å². The van der Waals surface area contributed by atoms with Gasteiger partial charge < -0.3 is 14.2 Å². The zero-order valence-corrected chi connectivity index (χ0v) is 25.8. The van der Waals surface area contributed by atoms with Crippen LogP contribution in [0.2, 0.25) is 5.02 Å². The minimum absolute atomic E-state index is 0.0263. The number of allylic oxidation sites excluding steroid dienone is 1. The number of ether oxygens (including phenoxy) is 3. The first-order chi connectivity index (χ1) is 20.7. The molecule has 0 saturated heterocycles. The van der Waals surface area contributed by atoms with Gasteiger partial charge in [-0.1, -0.05) is 29.8 Å². The summed E-state index contributed by atoms with van der Waals surface area (Å²) < 4.78 is 74.6. The third-order valence-electron chi connectivity index (χ3n) is 7.17. The molecule has 0 bridgehead atoms. The van der Waals surface area contributed by atoms with Gasteiger partial charge in [-0.15, -0.1) is 11.3 Å². The first-order valence-electron chi connectivity index (χ1n) is 13.4. The molecule has 0 radical (unpaired) electrons. The van der Waals surface area contributed by atoms with E-state index in [0.717, 1.165) is 58.2 Å². The fourth-order valence-corrected chi connectivity index (χ4v) is 7.60. The SMILES string of the molecule is COc1ccc(CN(c2nccs2)S(=O)(=O)c2cc(Cl)c(OCC3CCCC=C3c3ccc(F)cc3)cc2F)c(OC)c1. The molecule has 1 aliphatic rings. The van der Waals surface area contributed by atoms with Crippen LogP contribution in [-0.4, -0.2) is 34.2 Å². The summed E-state index contributed by atoms with van der Waals surface area (Å²) in [5.74, 6) is -0.398. The number of hydrogen-bond donors (Lipinski definition) is 0. The normalized spacial score (nSPS) is 15.1. The summed E-state index contributed by atoms with van der Waals surface area (Å²) in [6.07, 6.45) is 6.24. The van der Waals surface area contributed by atoms with Crippen LogP contribution in [0.4, 0.5) is 13.9 Å². The van der Waals surface area contributed by atoms with Gasteiger partial charge in [-0.3, -0.25) is 0 Å². The second kappa shape index (κ2) is 13.3. The summed E-state index contributed by atoms with van der Waals surface area (Å²) in [6, 6.07) is 13.3. The number of rotatable bonds is 11. The quantitative estimate of drug-likeness (QED) is 0.166. The molecule has 1 atom stereocenters. The van der Waals surface area contributed by atoms with Crippen molar-refractivity contribution in [1.29, 1.82) is 0 Å². The van der Waals surface area contributed by atoms with Crippen LogP contribution in [0, 0.1) is 17.6 Å². The molecule has 1 aromatic heterocycles. The number of anilines is 1. The lowest BCUT2D eigenvalue weighted by molar-refractivity contribution is 0.267. The lowest BCUT2D eigenvalue weighted by atomic mass is 9.84. The monoisotopic (exact) mass is 646 g/mol. The van der Waals surface area contributed by atoms with Crippen LogP contribution >= 0.6 is 22.9 Å². The van der Waals surface area contributed by atoms with Crippen LogP contribution < -0.4 is 18.5 Å². The average molecular weight is 647 g/mol. The number of aromatic nitrogens is 1. The number of benzene rings is 3. The molecule has 5 rings (SSSR count). The topological polar surface area (TPSA) is 78.0 Å². The third-order valence-corrected chi connectivity index (χ3v) is 10.1. The molecular weight excluding hydrogens is 618 g/mol. The van der Waals surface area contributed by atoms with E-state index in [4.69, 9.17) is 25.8 Å². The molecule has 43 heavy (non-hydrogen) atoms. The van der Waals surface area contributed by atoms with E-state index in [1.54, 1.807) is 35.7 Å². The second-order valence-corrected chi connectivity index (χ2v) is 12.9. The Labute approximate surface area is 258 Å². The number of hydrogen-bond acceptors (Lipinski definition) is 7. The summed E-state index contributed by atoms with van der Waals surface area (Å²) in [5, 5.41) is 1.72. The highest BCUT2D eigenvalue weighted by atomic mass is 35.5. The molecule has 1 heterocycles. The summed E-state index contributed by atoms with van der Waals surface area (Å²) in [6.45, 7) is 0.00940. The first-order valence-corrected chi connectivity index (χ1v) is 16.1. The molecule has 3 aromatic carbocycles. The molecule has 1 aliphatic carbocycles. The van der Waals surface area contributed by atoms with Crippen LogP contribution in [0.25, 0.3) is 5.57 Å². The molecule has 0 amide bonds. The molecule has 226 valence electrons. The molecule has 0 saturated carbocycles. The Morgan fingerprint density at radius 2 is 1.84 bits per heavy atom. The number of nitrogens with zero attached hydrogens (tertiary/aromatic N) is 2. The van der Waals surface area contributed by atoms with Gasteiger partial charge in [-0.2, -0.15) is 0 Å². The molecule has 0 aliphatic heterocycles. The van der Waals surface area contributed by atoms with E-state index in [1.807, 2.05) is 0 Å². The van der Waals surface area contributed by atoms with Gasteiger partial charge >= 0.3 is 0 Å². The lowest BCUT2D eigenvalue weighted by Gasteiger charge is -2.26. The highest BCUT2D eigenvalue weighted by Crippen LogP contribution is 2.38. The van der Waals surface area contributed by atoms with Crippen molar-refractivity contribution < 1.29 is 31.4 Å². The molecule has 0 spiro atoms. The predicted octanol–water partition coefficient (Wildman–Crippen LogP) is 7.75. The van der Waals surface area contributed by atoms with Crippen LogP contribution in [0.15, 0.2) is 77.1 Å². The van der Waals surface area contributed by atoms with E-state index in [0.29, 0.717) is 17.1 Å². The lowest BCUT2D eigenvalue weighted by Crippen LogP contribution is -2.31. The van der Waals surface area contributed by atoms with Crippen molar-refractivity contribution in [1.82, 2.24) is 4.98 Å². The maximum Gasteiger partial charge on any atom is 0.269 e. The van der Waals surface area contributed by atoms with Crippen molar-refractivity contribution in [3.63, 3.8) is 0 Å². The van der Waals surface area contributed by atoms with Crippen LogP contribution in [0.3, 0.4) is 0 Å². The predicted molar refractivity (Wildman–Crippen MR) is 164 cm³/mol. The molecule has 0 N–H and O–H groups in total. The first kappa shape index (κ1) is 30.8. The van der Waals surface area contributed by atoms with Gasteiger partial charge in [0, 0.05) is 35.2 Å². The maximum atomic E-state index is 15.6. The van der Waals surface area contributed by atoms with E-state index < -0.39 is 20.7 Å². The smallest absolute Gasteiger partial charge is 0.269 e. The van der Waals surface area contributed by atoms with E-state index in [9.17, 15) is 12.8 Å². The summed E-state index contributed by atoms with van der Waals surface area (Å²) in [4.78, 5) is 3.56. The fourth-order valence-electron chi connectivity index (χ4n) is 4.97. The van der Waals surface area contributed by atoms with E-state index in [-0.39, 0.29) is 40.8 Å². The Kier molecular flexibility index (Phi) is 9.53. The number of sulfonamides is 1. The largest absolute Gasteiger partial charge is 0.497 e. The minimum atomic E-state index is -4.48. The summed E-state index contributed by atoms with van der Waals surface area (Å²) in [5.41, 5.74) is 2.44. The molecule has 0 fully saturated rings. The van der Waals surface area contributed by atoms with Gasteiger partial charge in [-0.25, -0.2) is 26.5 Å². The number of thiazole rings is 1. The van der Waals surface area contributed by atoms with Crippen molar-refractivity contribution in [3.05, 3.63) is 100 Å². The van der Waals surface area contributed by atoms with Crippen molar-refractivity contribution in [2.75, 3.05) is 25.1 Å². The minimum Gasteiger partial charge on any atom is -0.497 e. The highest BCUT2D eigenvalue weighted by molar-refractivity contribution is 7.93. The van der Waals surface area contributed by atoms with E-state index in [2.05, 4.69) is 11.1 Å². The molecule has 4 aromatic rings. The molecule has 1 unspecified atom stereocenters. The summed E-state index contributed by atoms with van der Waals surface area (Å²) in [7, 11) is -1.50. The molecular formula is C31H29ClF2N2O5S2. The Balaban J connectivity index is 1.41. The Hall–Kier alpha value is -3.67. The van der Waals surface area contributed by atoms with Crippen LogP contribution in [0.1, 0.15) is 30.4 Å². The van der Waals surface area contributed by atoms with Gasteiger partial charge in [0.25, 0.3) is 10.0 Å². The Bertz CT molecular complexity index is 1710. The zero-order valence-electron chi connectivity index (χ0n) is 23.4. The fraction of sp³-hybridized carbons (Fsp3) is 0.258. The van der Waals surface area contributed by atoms with Gasteiger partial charge in [0.05, 0.1) is 32.4 Å². The van der Waals surface area contributed by atoms with E-state index in [1.165, 1.54) is 32.5 Å². The van der Waals surface area contributed by atoms with Gasteiger partial charge in [0.15, 0.2) is 5.13 Å². The van der Waals surface area contributed by atoms with Crippen molar-refractivity contribution in [2.24, 2.45) is 5.92 Å². The summed E-state index contributed by atoms with van der Waals surface area (Å²) >= 11 is 7.58. The van der Waals surface area contributed by atoms with Gasteiger partial charge in [0.2, 0.25) is 0 Å². The zero-order chi connectivity index (χ0) is 30.6.